The number of halogens is 1. The molecule has 0 radical (unpaired) electrons. The van der Waals surface area contributed by atoms with Gasteiger partial charge in [0.2, 0.25) is 0 Å². The van der Waals surface area contributed by atoms with Crippen LogP contribution < -0.4 is 4.74 Å². The van der Waals surface area contributed by atoms with Crippen LogP contribution in [0.4, 0.5) is 4.39 Å². The van der Waals surface area contributed by atoms with Gasteiger partial charge < -0.3 is 9.84 Å². The van der Waals surface area contributed by atoms with Gasteiger partial charge in [-0.05, 0) is 53.8 Å². The zero-order valence-electron chi connectivity index (χ0n) is 16.5. The summed E-state index contributed by atoms with van der Waals surface area (Å²) in [7, 11) is -2.41. The first-order valence-electron chi connectivity index (χ1n) is 8.89. The third-order valence-corrected chi connectivity index (χ3v) is 6.25. The van der Waals surface area contributed by atoms with Gasteiger partial charge in [0.25, 0.3) is 0 Å². The highest BCUT2D eigenvalue weighted by atomic mass is 32.2. The van der Waals surface area contributed by atoms with E-state index in [2.05, 4.69) is 0 Å². The Bertz CT molecular complexity index is 1160. The fraction of sp³-hybridized carbons (Fsp3) is 0.227. The van der Waals surface area contributed by atoms with E-state index in [9.17, 15) is 22.7 Å². The van der Waals surface area contributed by atoms with Gasteiger partial charge in [-0.1, -0.05) is 30.3 Å². The molecule has 29 heavy (non-hydrogen) atoms. The molecule has 5 nitrogen and oxygen atoms in total. The number of carboxylic acids is 1. The number of methoxy groups -OCH3 is 1. The van der Waals surface area contributed by atoms with E-state index in [4.69, 9.17) is 4.74 Å². The van der Waals surface area contributed by atoms with Crippen molar-refractivity contribution in [1.82, 2.24) is 0 Å². The van der Waals surface area contributed by atoms with E-state index in [-0.39, 0.29) is 10.7 Å². The Hall–Kier alpha value is -2.93. The Morgan fingerprint density at radius 2 is 1.76 bits per heavy atom. The predicted molar refractivity (Wildman–Crippen MR) is 110 cm³/mol. The molecule has 0 saturated carbocycles. The molecule has 0 amide bonds. The monoisotopic (exact) mass is 416 g/mol. The summed E-state index contributed by atoms with van der Waals surface area (Å²) in [5.41, 5.74) is 2.51. The molecular weight excluding hydrogens is 395 g/mol. The van der Waals surface area contributed by atoms with Gasteiger partial charge in [0, 0.05) is 11.8 Å². The van der Waals surface area contributed by atoms with Crippen LogP contribution in [0, 0.1) is 11.7 Å². The number of carboxylic acid groups (broad SMARTS) is 1. The molecule has 152 valence electrons. The highest BCUT2D eigenvalue weighted by Crippen LogP contribution is 2.50. The van der Waals surface area contributed by atoms with Crippen LogP contribution >= 0.6 is 0 Å². The van der Waals surface area contributed by atoms with Gasteiger partial charge >= 0.3 is 5.97 Å². The van der Waals surface area contributed by atoms with E-state index in [1.54, 1.807) is 37.3 Å². The van der Waals surface area contributed by atoms with E-state index in [1.165, 1.54) is 26.2 Å². The van der Waals surface area contributed by atoms with E-state index in [0.29, 0.717) is 33.4 Å². The molecule has 0 aromatic heterocycles. The molecule has 3 rings (SSSR count). The summed E-state index contributed by atoms with van der Waals surface area (Å²) in [5.74, 6) is -2.66. The van der Waals surface area contributed by atoms with E-state index in [0.717, 1.165) is 6.26 Å². The lowest BCUT2D eigenvalue weighted by Crippen LogP contribution is -2.11. The summed E-state index contributed by atoms with van der Waals surface area (Å²) in [6.07, 6.45) is 1.09. The summed E-state index contributed by atoms with van der Waals surface area (Å²) in [6.45, 7) is 3.19. The van der Waals surface area contributed by atoms with Gasteiger partial charge in [-0.2, -0.15) is 0 Å². The van der Waals surface area contributed by atoms with Gasteiger partial charge in [-0.3, -0.25) is 4.79 Å². The van der Waals surface area contributed by atoms with Crippen molar-refractivity contribution >= 4 is 31.9 Å². The third-order valence-electron chi connectivity index (χ3n) is 5.07. The van der Waals surface area contributed by atoms with E-state index < -0.39 is 27.5 Å². The molecule has 7 heteroatoms. The van der Waals surface area contributed by atoms with Crippen molar-refractivity contribution in [2.75, 3.05) is 13.4 Å². The minimum absolute atomic E-state index is 0.0338. The Kier molecular flexibility index (Phi) is 5.36. The standard InChI is InChI=1S/C22H21FO5S/c1-12-19(13(2)22(24)25)16-11-18(28-3)17(23)10-15(16)20(12)21(29(4,26)27)14-8-6-5-7-9-14/h5-11,13H,1-4H3,(H,24,25). The maximum Gasteiger partial charge on any atom is 0.310 e. The number of hydrogen-bond acceptors (Lipinski definition) is 4. The summed E-state index contributed by atoms with van der Waals surface area (Å²) >= 11 is 0. The first kappa shape index (κ1) is 20.8. The summed E-state index contributed by atoms with van der Waals surface area (Å²) in [6, 6.07) is 11.2. The molecule has 1 aliphatic rings. The molecule has 0 aliphatic heterocycles. The van der Waals surface area contributed by atoms with Crippen LogP contribution in [-0.4, -0.2) is 32.9 Å². The summed E-state index contributed by atoms with van der Waals surface area (Å²) in [4.78, 5) is 11.8. The molecule has 1 atom stereocenters. The van der Waals surface area contributed by atoms with Crippen LogP contribution in [0.1, 0.15) is 30.5 Å². The maximum atomic E-state index is 14.6. The minimum Gasteiger partial charge on any atom is -0.494 e. The van der Waals surface area contributed by atoms with Crippen LogP contribution in [0.3, 0.4) is 0 Å². The van der Waals surface area contributed by atoms with Gasteiger partial charge in [-0.15, -0.1) is 0 Å². The lowest BCUT2D eigenvalue weighted by Gasteiger charge is -2.14. The van der Waals surface area contributed by atoms with Crippen LogP contribution in [0.2, 0.25) is 0 Å². The molecule has 0 fully saturated rings. The van der Waals surface area contributed by atoms with Gasteiger partial charge in [0.05, 0.1) is 17.9 Å². The van der Waals surface area contributed by atoms with Crippen LogP contribution in [-0.2, 0) is 14.6 Å². The number of sulfone groups is 1. The SMILES string of the molecule is COc1cc2c(cc1F)C(=C(c1ccccc1)S(C)(=O)=O)C(C)=C2C(C)C(=O)O. The van der Waals surface area contributed by atoms with Crippen molar-refractivity contribution < 1.29 is 27.4 Å². The molecule has 1 N–H and O–H groups in total. The van der Waals surface area contributed by atoms with Crippen molar-refractivity contribution in [3.63, 3.8) is 0 Å². The largest absolute Gasteiger partial charge is 0.494 e. The number of hydrogen-bond donors (Lipinski definition) is 1. The highest BCUT2D eigenvalue weighted by Gasteiger charge is 2.35. The van der Waals surface area contributed by atoms with E-state index >= 15 is 0 Å². The van der Waals surface area contributed by atoms with Crippen LogP contribution in [0.15, 0.2) is 48.0 Å². The number of aliphatic carboxylic acids is 1. The number of benzene rings is 2. The lowest BCUT2D eigenvalue weighted by molar-refractivity contribution is -0.139. The van der Waals surface area contributed by atoms with Gasteiger partial charge in [0.1, 0.15) is 0 Å². The van der Waals surface area contributed by atoms with Crippen molar-refractivity contribution in [3.8, 4) is 5.75 Å². The zero-order valence-corrected chi connectivity index (χ0v) is 17.3. The molecule has 1 aliphatic carbocycles. The highest BCUT2D eigenvalue weighted by molar-refractivity contribution is 8.00. The average Bonchev–Trinajstić information content (AvgIpc) is 2.91. The van der Waals surface area contributed by atoms with Gasteiger partial charge in [-0.25, -0.2) is 12.8 Å². The Balaban J connectivity index is 2.50. The molecule has 0 bridgehead atoms. The summed E-state index contributed by atoms with van der Waals surface area (Å²) in [5, 5.41) is 9.59. The second kappa shape index (κ2) is 7.48. The second-order valence-corrected chi connectivity index (χ2v) is 8.93. The van der Waals surface area contributed by atoms with Crippen molar-refractivity contribution in [1.29, 1.82) is 0 Å². The molecule has 0 saturated heterocycles. The molecular formula is C22H21FO5S. The number of fused-ring (bicyclic) bond motifs is 1. The topological polar surface area (TPSA) is 80.7 Å². The summed E-state index contributed by atoms with van der Waals surface area (Å²) < 4.78 is 45.2. The Labute approximate surface area is 169 Å². The minimum atomic E-state index is -3.73. The van der Waals surface area contributed by atoms with Crippen molar-refractivity contribution in [2.24, 2.45) is 5.92 Å². The first-order chi connectivity index (χ1) is 13.6. The predicted octanol–water partition coefficient (Wildman–Crippen LogP) is 4.26. The molecule has 2 aromatic carbocycles. The molecule has 0 spiro atoms. The van der Waals surface area contributed by atoms with Gasteiger partial charge in [0.15, 0.2) is 21.4 Å². The number of rotatable bonds is 5. The second-order valence-electron chi connectivity index (χ2n) is 6.97. The quantitative estimate of drug-likeness (QED) is 0.788. The number of ether oxygens (including phenoxy) is 1. The maximum absolute atomic E-state index is 14.6. The van der Waals surface area contributed by atoms with Crippen LogP contribution in [0.5, 0.6) is 5.75 Å². The molecule has 1 unspecified atom stereocenters. The normalized spacial score (nSPS) is 16.4. The molecule has 0 heterocycles. The van der Waals surface area contributed by atoms with Crippen molar-refractivity contribution in [3.05, 3.63) is 70.5 Å². The fourth-order valence-electron chi connectivity index (χ4n) is 3.79. The molecule has 2 aromatic rings. The zero-order chi connectivity index (χ0) is 21.5. The Morgan fingerprint density at radius 3 is 2.28 bits per heavy atom. The number of carbonyl (C=O) groups is 1. The smallest absolute Gasteiger partial charge is 0.310 e. The lowest BCUT2D eigenvalue weighted by atomic mass is 9.93. The fourth-order valence-corrected chi connectivity index (χ4v) is 4.98. The number of allylic oxidation sites excluding steroid dienone is 2. The van der Waals surface area contributed by atoms with E-state index in [1.807, 2.05) is 0 Å². The first-order valence-corrected chi connectivity index (χ1v) is 10.8. The Morgan fingerprint density at radius 1 is 1.14 bits per heavy atom. The third kappa shape index (κ3) is 3.58. The van der Waals surface area contributed by atoms with Crippen LogP contribution in [0.25, 0.3) is 16.1 Å². The average molecular weight is 416 g/mol. The van der Waals surface area contributed by atoms with Crippen molar-refractivity contribution in [2.45, 2.75) is 13.8 Å².